The van der Waals surface area contributed by atoms with Crippen molar-refractivity contribution in [2.45, 2.75) is 31.8 Å². The van der Waals surface area contributed by atoms with Gasteiger partial charge in [0, 0.05) is 0 Å². The topological polar surface area (TPSA) is 94.2 Å². The molecule has 1 atom stereocenters. The largest absolute Gasteiger partial charge is 0.497 e. The van der Waals surface area contributed by atoms with E-state index >= 15 is 0 Å². The number of hydrogen-bond acceptors (Lipinski definition) is 6. The number of aryl methyl sites for hydroxylation is 3. The zero-order valence-electron chi connectivity index (χ0n) is 20.8. The molecular weight excluding hydrogens is 480 g/mol. The first-order valence-electron chi connectivity index (χ1n) is 11.6. The maximum atomic E-state index is 13.6. The van der Waals surface area contributed by atoms with Gasteiger partial charge < -0.3 is 19.5 Å². The van der Waals surface area contributed by atoms with Crippen molar-refractivity contribution in [2.75, 3.05) is 31.1 Å². The van der Waals surface area contributed by atoms with Gasteiger partial charge in [-0.3, -0.25) is 9.10 Å². The Balaban J connectivity index is 1.49. The Kier molecular flexibility index (Phi) is 7.40. The van der Waals surface area contributed by atoms with E-state index in [-0.39, 0.29) is 24.6 Å². The summed E-state index contributed by atoms with van der Waals surface area (Å²) in [6, 6.07) is 17.3. The molecule has 0 radical (unpaired) electrons. The molecule has 0 aliphatic carbocycles. The van der Waals surface area contributed by atoms with Crippen LogP contribution in [0.1, 0.15) is 16.7 Å². The van der Waals surface area contributed by atoms with Gasteiger partial charge >= 0.3 is 0 Å². The third-order valence-corrected chi connectivity index (χ3v) is 7.58. The molecular formula is C27H30N2O6S. The third kappa shape index (κ3) is 5.57. The van der Waals surface area contributed by atoms with Crippen LogP contribution >= 0.6 is 0 Å². The lowest BCUT2D eigenvalue weighted by molar-refractivity contribution is -0.127. The lowest BCUT2D eigenvalue weighted by Gasteiger charge is -2.35. The minimum absolute atomic E-state index is 0.0951. The van der Waals surface area contributed by atoms with E-state index in [4.69, 9.17) is 14.2 Å². The van der Waals surface area contributed by atoms with Crippen LogP contribution in [-0.4, -0.2) is 47.2 Å². The molecule has 0 unspecified atom stereocenters. The SMILES string of the molecule is COc1ccc(S(=O)(=O)N2C[C@H](C(=O)NCCOc3cc(C)cc(C)c3)Oc3cc(C)ccc32)cc1. The van der Waals surface area contributed by atoms with Gasteiger partial charge in [-0.15, -0.1) is 0 Å². The number of ether oxygens (including phenoxy) is 3. The highest BCUT2D eigenvalue weighted by Gasteiger charge is 2.37. The lowest BCUT2D eigenvalue weighted by atomic mass is 10.1. The molecule has 36 heavy (non-hydrogen) atoms. The molecule has 0 saturated heterocycles. The summed E-state index contributed by atoms with van der Waals surface area (Å²) < 4.78 is 45.2. The molecule has 1 aliphatic heterocycles. The van der Waals surface area contributed by atoms with Crippen LogP contribution in [0.3, 0.4) is 0 Å². The minimum atomic E-state index is -3.96. The first kappa shape index (κ1) is 25.4. The van der Waals surface area contributed by atoms with Gasteiger partial charge in [0.15, 0.2) is 6.10 Å². The van der Waals surface area contributed by atoms with Gasteiger partial charge in [0.05, 0.1) is 30.8 Å². The summed E-state index contributed by atoms with van der Waals surface area (Å²) in [6.45, 7) is 6.22. The summed E-state index contributed by atoms with van der Waals surface area (Å²) in [5, 5.41) is 2.80. The summed E-state index contributed by atoms with van der Waals surface area (Å²) in [7, 11) is -2.44. The van der Waals surface area contributed by atoms with Crippen LogP contribution in [-0.2, 0) is 14.8 Å². The summed E-state index contributed by atoms with van der Waals surface area (Å²) in [5.74, 6) is 1.20. The number of carbonyl (C=O) groups excluding carboxylic acids is 1. The number of hydrogen-bond donors (Lipinski definition) is 1. The number of fused-ring (bicyclic) bond motifs is 1. The molecule has 1 heterocycles. The normalized spacial score (nSPS) is 15.0. The summed E-state index contributed by atoms with van der Waals surface area (Å²) in [5.41, 5.74) is 3.46. The zero-order valence-corrected chi connectivity index (χ0v) is 21.6. The van der Waals surface area contributed by atoms with E-state index in [2.05, 4.69) is 11.4 Å². The van der Waals surface area contributed by atoms with E-state index in [1.54, 1.807) is 24.3 Å². The Bertz CT molecular complexity index is 1330. The Labute approximate surface area is 211 Å². The van der Waals surface area contributed by atoms with Gasteiger partial charge in [0.25, 0.3) is 15.9 Å². The summed E-state index contributed by atoms with van der Waals surface area (Å²) >= 11 is 0. The first-order valence-corrected chi connectivity index (χ1v) is 13.0. The van der Waals surface area contributed by atoms with Gasteiger partial charge in [-0.1, -0.05) is 12.1 Å². The number of sulfonamides is 1. The van der Waals surface area contributed by atoms with Crippen LogP contribution in [0.2, 0.25) is 0 Å². The van der Waals surface area contributed by atoms with Gasteiger partial charge in [0.1, 0.15) is 23.9 Å². The van der Waals surface area contributed by atoms with Gasteiger partial charge in [-0.05, 0) is 86.0 Å². The van der Waals surface area contributed by atoms with E-state index < -0.39 is 22.0 Å². The van der Waals surface area contributed by atoms with Crippen LogP contribution in [0.4, 0.5) is 5.69 Å². The Morgan fingerprint density at radius 3 is 2.33 bits per heavy atom. The number of anilines is 1. The average molecular weight is 511 g/mol. The van der Waals surface area contributed by atoms with Crippen LogP contribution in [0.15, 0.2) is 65.6 Å². The zero-order chi connectivity index (χ0) is 25.9. The molecule has 3 aromatic rings. The predicted octanol–water partition coefficient (Wildman–Crippen LogP) is 3.77. The number of benzene rings is 3. The number of nitrogens with one attached hydrogen (secondary N) is 1. The fraction of sp³-hybridized carbons (Fsp3) is 0.296. The van der Waals surface area contributed by atoms with Crippen LogP contribution in [0, 0.1) is 20.8 Å². The number of methoxy groups -OCH3 is 1. The van der Waals surface area contributed by atoms with Crippen molar-refractivity contribution in [3.63, 3.8) is 0 Å². The highest BCUT2D eigenvalue weighted by molar-refractivity contribution is 7.92. The monoisotopic (exact) mass is 510 g/mol. The molecule has 1 amide bonds. The van der Waals surface area contributed by atoms with E-state index in [9.17, 15) is 13.2 Å². The van der Waals surface area contributed by atoms with E-state index in [0.717, 1.165) is 22.4 Å². The number of rotatable bonds is 8. The smallest absolute Gasteiger partial charge is 0.264 e. The van der Waals surface area contributed by atoms with Crippen molar-refractivity contribution in [1.29, 1.82) is 0 Å². The first-order chi connectivity index (χ1) is 17.2. The Morgan fingerprint density at radius 2 is 1.67 bits per heavy atom. The standard InChI is InChI=1S/C27H30N2O6S/c1-18-5-10-24-25(16-18)35-26(17-29(24)36(31,32)23-8-6-21(33-4)7-9-23)27(30)28-11-12-34-22-14-19(2)13-20(3)15-22/h5-10,13-16,26H,11-12,17H2,1-4H3,(H,28,30)/t26-/m1/s1. The van der Waals surface area contributed by atoms with E-state index in [1.165, 1.54) is 23.5 Å². The molecule has 0 bridgehead atoms. The van der Waals surface area contributed by atoms with Gasteiger partial charge in [-0.2, -0.15) is 0 Å². The third-order valence-electron chi connectivity index (χ3n) is 5.79. The molecule has 0 fully saturated rings. The molecule has 190 valence electrons. The predicted molar refractivity (Wildman–Crippen MR) is 138 cm³/mol. The van der Waals surface area contributed by atoms with Crippen LogP contribution < -0.4 is 23.8 Å². The fourth-order valence-corrected chi connectivity index (χ4v) is 5.55. The Hall–Kier alpha value is -3.72. The van der Waals surface area contributed by atoms with Crippen molar-refractivity contribution >= 4 is 21.6 Å². The minimum Gasteiger partial charge on any atom is -0.497 e. The quantitative estimate of drug-likeness (QED) is 0.464. The second-order valence-electron chi connectivity index (χ2n) is 8.75. The maximum Gasteiger partial charge on any atom is 0.264 e. The van der Waals surface area contributed by atoms with Crippen LogP contribution in [0.5, 0.6) is 17.2 Å². The molecule has 9 heteroatoms. The van der Waals surface area contributed by atoms with Crippen molar-refractivity contribution < 1.29 is 27.4 Å². The lowest BCUT2D eigenvalue weighted by Crippen LogP contribution is -2.51. The molecule has 3 aromatic carbocycles. The number of amides is 1. The molecule has 1 aliphatic rings. The fourth-order valence-electron chi connectivity index (χ4n) is 4.07. The van der Waals surface area contributed by atoms with Crippen molar-refractivity contribution in [1.82, 2.24) is 5.32 Å². The van der Waals surface area contributed by atoms with E-state index in [0.29, 0.717) is 17.2 Å². The van der Waals surface area contributed by atoms with Crippen molar-refractivity contribution in [2.24, 2.45) is 0 Å². The summed E-state index contributed by atoms with van der Waals surface area (Å²) in [6.07, 6.45) is -1.02. The number of nitrogens with zero attached hydrogens (tertiary/aromatic N) is 1. The molecule has 8 nitrogen and oxygen atoms in total. The van der Waals surface area contributed by atoms with E-state index in [1.807, 2.05) is 39.0 Å². The van der Waals surface area contributed by atoms with Crippen LogP contribution in [0.25, 0.3) is 0 Å². The van der Waals surface area contributed by atoms with Crippen molar-refractivity contribution in [3.05, 3.63) is 77.4 Å². The maximum absolute atomic E-state index is 13.6. The van der Waals surface area contributed by atoms with Gasteiger partial charge in [0.2, 0.25) is 0 Å². The second kappa shape index (κ2) is 10.5. The highest BCUT2D eigenvalue weighted by atomic mass is 32.2. The molecule has 0 spiro atoms. The Morgan fingerprint density at radius 1 is 0.972 bits per heavy atom. The molecule has 1 N–H and O–H groups in total. The van der Waals surface area contributed by atoms with Crippen molar-refractivity contribution in [3.8, 4) is 17.2 Å². The number of carbonyl (C=O) groups is 1. The van der Waals surface area contributed by atoms with Gasteiger partial charge in [-0.25, -0.2) is 8.42 Å². The molecule has 0 aromatic heterocycles. The summed E-state index contributed by atoms with van der Waals surface area (Å²) in [4.78, 5) is 13.1. The average Bonchev–Trinajstić information content (AvgIpc) is 2.85. The molecule has 0 saturated carbocycles. The highest BCUT2D eigenvalue weighted by Crippen LogP contribution is 2.38. The second-order valence-corrected chi connectivity index (χ2v) is 10.6. The molecule has 4 rings (SSSR count).